The molecule has 3 nitrogen and oxygen atoms in total. The van der Waals surface area contributed by atoms with Crippen molar-refractivity contribution in [2.45, 2.75) is 32.7 Å². The summed E-state index contributed by atoms with van der Waals surface area (Å²) in [7, 11) is 0. The molecular formula is C14H17BrClN3S. The third-order valence-corrected chi connectivity index (χ3v) is 5.34. The van der Waals surface area contributed by atoms with E-state index in [0.717, 1.165) is 39.4 Å². The molecule has 0 aliphatic heterocycles. The maximum atomic E-state index is 6.31. The normalized spacial score (nSPS) is 12.6. The predicted octanol–water partition coefficient (Wildman–Crippen LogP) is 5.07. The molecular weight excluding hydrogens is 358 g/mol. The molecule has 1 atom stereocenters. The molecule has 1 heterocycles. The Bertz CT molecular complexity index is 573. The standard InChI is InChI=1S/C14H17BrClN3S/c1-3-8-17-11(4-2)14-19-18-13(20-14)9-6-5-7-10(15)12(9)16/h5-7,11,17H,3-4,8H2,1-2H3. The number of benzene rings is 1. The van der Waals surface area contributed by atoms with Crippen molar-refractivity contribution in [3.63, 3.8) is 0 Å². The molecule has 1 aromatic heterocycles. The molecule has 0 fully saturated rings. The van der Waals surface area contributed by atoms with Gasteiger partial charge in [-0.25, -0.2) is 0 Å². The highest BCUT2D eigenvalue weighted by molar-refractivity contribution is 9.10. The monoisotopic (exact) mass is 373 g/mol. The molecule has 0 amide bonds. The van der Waals surface area contributed by atoms with E-state index in [1.54, 1.807) is 11.3 Å². The van der Waals surface area contributed by atoms with Crippen LogP contribution in [0, 0.1) is 0 Å². The minimum Gasteiger partial charge on any atom is -0.308 e. The molecule has 0 spiro atoms. The maximum Gasteiger partial charge on any atom is 0.149 e. The average Bonchev–Trinajstić information content (AvgIpc) is 2.92. The van der Waals surface area contributed by atoms with Crippen molar-refractivity contribution in [3.8, 4) is 10.6 Å². The minimum absolute atomic E-state index is 0.270. The molecule has 2 rings (SSSR count). The number of hydrogen-bond donors (Lipinski definition) is 1. The van der Waals surface area contributed by atoms with E-state index in [4.69, 9.17) is 11.6 Å². The van der Waals surface area contributed by atoms with E-state index in [1.807, 2.05) is 18.2 Å². The Kier molecular flexibility index (Phi) is 5.96. The average molecular weight is 375 g/mol. The minimum atomic E-state index is 0.270. The van der Waals surface area contributed by atoms with Crippen LogP contribution in [0.5, 0.6) is 0 Å². The fourth-order valence-electron chi connectivity index (χ4n) is 1.88. The summed E-state index contributed by atoms with van der Waals surface area (Å²) in [5.41, 5.74) is 0.926. The van der Waals surface area contributed by atoms with Crippen LogP contribution in [0.3, 0.4) is 0 Å². The Balaban J connectivity index is 2.26. The number of rotatable bonds is 6. The molecule has 1 N–H and O–H groups in total. The second-order valence-corrected chi connectivity index (χ2v) is 6.70. The lowest BCUT2D eigenvalue weighted by Gasteiger charge is -2.12. The first kappa shape index (κ1) is 15.9. The summed E-state index contributed by atoms with van der Waals surface area (Å²) >= 11 is 11.4. The molecule has 0 bridgehead atoms. The van der Waals surface area contributed by atoms with Crippen LogP contribution in [0.25, 0.3) is 10.6 Å². The van der Waals surface area contributed by atoms with E-state index in [9.17, 15) is 0 Å². The van der Waals surface area contributed by atoms with E-state index >= 15 is 0 Å². The Hall–Kier alpha value is -0.490. The molecule has 0 saturated heterocycles. The zero-order chi connectivity index (χ0) is 14.5. The summed E-state index contributed by atoms with van der Waals surface area (Å²) in [6.07, 6.45) is 2.11. The second kappa shape index (κ2) is 7.50. The zero-order valence-corrected chi connectivity index (χ0v) is 14.6. The molecule has 0 aliphatic rings. The fourth-order valence-corrected chi connectivity index (χ4v) is 3.55. The van der Waals surface area contributed by atoms with Gasteiger partial charge in [0.2, 0.25) is 0 Å². The van der Waals surface area contributed by atoms with Crippen molar-refractivity contribution >= 4 is 38.9 Å². The van der Waals surface area contributed by atoms with Crippen molar-refractivity contribution in [2.75, 3.05) is 6.54 Å². The van der Waals surface area contributed by atoms with Crippen LogP contribution in [0.1, 0.15) is 37.7 Å². The van der Waals surface area contributed by atoms with Gasteiger partial charge < -0.3 is 5.32 Å². The molecule has 1 aromatic carbocycles. The van der Waals surface area contributed by atoms with Crippen LogP contribution < -0.4 is 5.32 Å². The quantitative estimate of drug-likeness (QED) is 0.767. The van der Waals surface area contributed by atoms with Gasteiger partial charge in [0.1, 0.15) is 10.0 Å². The first-order valence-corrected chi connectivity index (χ1v) is 8.67. The molecule has 1 unspecified atom stereocenters. The van der Waals surface area contributed by atoms with Crippen molar-refractivity contribution in [1.82, 2.24) is 15.5 Å². The zero-order valence-electron chi connectivity index (χ0n) is 11.5. The molecule has 2 aromatic rings. The number of nitrogens with zero attached hydrogens (tertiary/aromatic N) is 2. The molecule has 6 heteroatoms. The Morgan fingerprint density at radius 1 is 1.35 bits per heavy atom. The lowest BCUT2D eigenvalue weighted by molar-refractivity contribution is 0.513. The topological polar surface area (TPSA) is 37.8 Å². The lowest BCUT2D eigenvalue weighted by Crippen LogP contribution is -2.21. The summed E-state index contributed by atoms with van der Waals surface area (Å²) in [6.45, 7) is 5.30. The van der Waals surface area contributed by atoms with E-state index in [0.29, 0.717) is 5.02 Å². The van der Waals surface area contributed by atoms with Gasteiger partial charge in [-0.2, -0.15) is 0 Å². The molecule has 20 heavy (non-hydrogen) atoms. The van der Waals surface area contributed by atoms with E-state index in [2.05, 4.69) is 45.3 Å². The van der Waals surface area contributed by atoms with Gasteiger partial charge >= 0.3 is 0 Å². The van der Waals surface area contributed by atoms with Crippen LogP contribution in [-0.2, 0) is 0 Å². The van der Waals surface area contributed by atoms with Crippen molar-refractivity contribution in [1.29, 1.82) is 0 Å². The van der Waals surface area contributed by atoms with Gasteiger partial charge in [-0.05, 0) is 41.4 Å². The van der Waals surface area contributed by atoms with Crippen LogP contribution >= 0.6 is 38.9 Å². The lowest BCUT2D eigenvalue weighted by atomic mass is 10.2. The first-order chi connectivity index (χ1) is 9.67. The summed E-state index contributed by atoms with van der Waals surface area (Å²) in [5, 5.41) is 14.7. The van der Waals surface area contributed by atoms with Gasteiger partial charge in [0, 0.05) is 10.0 Å². The Labute approximate surface area is 136 Å². The fraction of sp³-hybridized carbons (Fsp3) is 0.429. The van der Waals surface area contributed by atoms with Crippen LogP contribution in [-0.4, -0.2) is 16.7 Å². The second-order valence-electron chi connectivity index (χ2n) is 4.46. The molecule has 0 aliphatic carbocycles. The smallest absolute Gasteiger partial charge is 0.149 e. The maximum absolute atomic E-state index is 6.31. The van der Waals surface area contributed by atoms with Gasteiger partial charge in [-0.1, -0.05) is 48.9 Å². The van der Waals surface area contributed by atoms with Gasteiger partial charge in [-0.3, -0.25) is 0 Å². The number of hydrogen-bond acceptors (Lipinski definition) is 4. The van der Waals surface area contributed by atoms with Gasteiger partial charge in [0.15, 0.2) is 0 Å². The highest BCUT2D eigenvalue weighted by Gasteiger charge is 2.17. The van der Waals surface area contributed by atoms with Crippen molar-refractivity contribution < 1.29 is 0 Å². The molecule has 108 valence electrons. The number of nitrogens with one attached hydrogen (secondary N) is 1. The molecule has 0 saturated carbocycles. The third kappa shape index (κ3) is 3.58. The van der Waals surface area contributed by atoms with Crippen molar-refractivity contribution in [3.05, 3.63) is 32.7 Å². The summed E-state index contributed by atoms with van der Waals surface area (Å²) in [5.74, 6) is 0. The van der Waals surface area contributed by atoms with Crippen molar-refractivity contribution in [2.24, 2.45) is 0 Å². The first-order valence-electron chi connectivity index (χ1n) is 6.68. The van der Waals surface area contributed by atoms with E-state index in [-0.39, 0.29) is 6.04 Å². The SMILES string of the molecule is CCCNC(CC)c1nnc(-c2cccc(Br)c2Cl)s1. The Morgan fingerprint density at radius 2 is 2.15 bits per heavy atom. The third-order valence-electron chi connectivity index (χ3n) is 2.97. The number of aromatic nitrogens is 2. The highest BCUT2D eigenvalue weighted by atomic mass is 79.9. The largest absolute Gasteiger partial charge is 0.308 e. The summed E-state index contributed by atoms with van der Waals surface area (Å²) < 4.78 is 0.879. The molecule has 0 radical (unpaired) electrons. The summed E-state index contributed by atoms with van der Waals surface area (Å²) in [4.78, 5) is 0. The van der Waals surface area contributed by atoms with Crippen LogP contribution in [0.15, 0.2) is 22.7 Å². The summed E-state index contributed by atoms with van der Waals surface area (Å²) in [6, 6.07) is 6.12. The van der Waals surface area contributed by atoms with E-state index in [1.165, 1.54) is 0 Å². The Morgan fingerprint density at radius 3 is 2.85 bits per heavy atom. The van der Waals surface area contributed by atoms with E-state index < -0.39 is 0 Å². The highest BCUT2D eigenvalue weighted by Crippen LogP contribution is 2.36. The van der Waals surface area contributed by atoms with Crippen LogP contribution in [0.2, 0.25) is 5.02 Å². The predicted molar refractivity (Wildman–Crippen MR) is 89.4 cm³/mol. The van der Waals surface area contributed by atoms with Crippen LogP contribution in [0.4, 0.5) is 0 Å². The van der Waals surface area contributed by atoms with Gasteiger partial charge in [-0.15, -0.1) is 10.2 Å². The van der Waals surface area contributed by atoms with Gasteiger partial charge in [0.05, 0.1) is 11.1 Å². The number of halogens is 2. The van der Waals surface area contributed by atoms with Gasteiger partial charge in [0.25, 0.3) is 0 Å².